The highest BCUT2D eigenvalue weighted by atomic mass is 31.2. The van der Waals surface area contributed by atoms with E-state index < -0.39 is 37.7 Å². The van der Waals surface area contributed by atoms with E-state index in [2.05, 4.69) is 10.3 Å². The number of guanidine groups is 1. The van der Waals surface area contributed by atoms with Gasteiger partial charge in [0.15, 0.2) is 5.96 Å². The molecule has 0 rings (SSSR count). The fraction of sp³-hybridized carbons (Fsp3) is 0.545. The summed E-state index contributed by atoms with van der Waals surface area (Å²) in [5, 5.41) is 11.1. The monoisotopic (exact) mass is 351 g/mol. The molecular weight excluding hydrogens is 329 g/mol. The molecule has 0 aliphatic carbocycles. The summed E-state index contributed by atoms with van der Waals surface area (Å²) in [5.74, 6) is -2.17. The number of amides is 1. The number of carboxylic acid groups (broad SMARTS) is 1. The van der Waals surface area contributed by atoms with Gasteiger partial charge >= 0.3 is 13.6 Å². The van der Waals surface area contributed by atoms with Crippen LogP contribution in [-0.2, 0) is 14.2 Å². The molecule has 12 heteroatoms. The largest absolute Gasteiger partial charge is 0.479 e. The van der Waals surface area contributed by atoms with Crippen molar-refractivity contribution < 1.29 is 29.0 Å². The summed E-state index contributed by atoms with van der Waals surface area (Å²) < 4.78 is 10.7. The third-order valence-electron chi connectivity index (χ3n) is 2.54. The van der Waals surface area contributed by atoms with E-state index in [1.807, 2.05) is 0 Å². The number of hydrogen-bond donors (Lipinski definition) is 7. The molecular formula is C11H22N5O6P. The van der Waals surface area contributed by atoms with Crippen LogP contribution in [0.2, 0.25) is 0 Å². The molecule has 0 saturated heterocycles. The molecule has 0 saturated carbocycles. The third kappa shape index (κ3) is 11.3. The molecule has 132 valence electrons. The van der Waals surface area contributed by atoms with Gasteiger partial charge in [-0.1, -0.05) is 12.2 Å². The van der Waals surface area contributed by atoms with E-state index in [0.717, 1.165) is 12.2 Å². The maximum absolute atomic E-state index is 11.8. The fourth-order valence-electron chi connectivity index (χ4n) is 1.44. The number of carbonyl (C=O) groups excluding carboxylic acids is 1. The number of carboxylic acids is 1. The minimum Gasteiger partial charge on any atom is -0.479 e. The van der Waals surface area contributed by atoms with Crippen molar-refractivity contribution in [1.82, 2.24) is 5.32 Å². The highest BCUT2D eigenvalue weighted by Gasteiger charge is 2.21. The zero-order chi connectivity index (χ0) is 18.0. The Morgan fingerprint density at radius 3 is 2.39 bits per heavy atom. The lowest BCUT2D eigenvalue weighted by Gasteiger charge is -2.15. The number of aliphatic imine (C=N–C) groups is 1. The maximum Gasteiger partial charge on any atom is 0.330 e. The van der Waals surface area contributed by atoms with Crippen LogP contribution >= 0.6 is 7.60 Å². The minimum absolute atomic E-state index is 0.0795. The highest BCUT2D eigenvalue weighted by Crippen LogP contribution is 2.33. The van der Waals surface area contributed by atoms with Gasteiger partial charge in [-0.15, -0.1) is 0 Å². The van der Waals surface area contributed by atoms with Crippen molar-refractivity contribution in [2.45, 2.75) is 24.9 Å². The topological polar surface area (TPSA) is 214 Å². The van der Waals surface area contributed by atoms with E-state index in [4.69, 9.17) is 32.1 Å². The molecule has 2 atom stereocenters. The van der Waals surface area contributed by atoms with Gasteiger partial charge in [0.1, 0.15) is 6.04 Å². The molecule has 0 fully saturated rings. The predicted molar refractivity (Wildman–Crippen MR) is 83.5 cm³/mol. The van der Waals surface area contributed by atoms with Gasteiger partial charge in [0.25, 0.3) is 0 Å². The highest BCUT2D eigenvalue weighted by molar-refractivity contribution is 7.51. The quantitative estimate of drug-likeness (QED) is 0.0737. The molecule has 0 aliphatic heterocycles. The molecule has 11 nitrogen and oxygen atoms in total. The van der Waals surface area contributed by atoms with Crippen LogP contribution in [0.15, 0.2) is 17.1 Å². The second kappa shape index (κ2) is 9.95. The lowest BCUT2D eigenvalue weighted by molar-refractivity contribution is -0.140. The maximum atomic E-state index is 11.8. The van der Waals surface area contributed by atoms with Crippen molar-refractivity contribution in [3.63, 3.8) is 0 Å². The smallest absolute Gasteiger partial charge is 0.330 e. The molecule has 0 aliphatic rings. The Bertz CT molecular complexity index is 513. The van der Waals surface area contributed by atoms with Gasteiger partial charge in [0, 0.05) is 6.54 Å². The number of nitrogens with one attached hydrogen (secondary N) is 1. The Balaban J connectivity index is 4.46. The van der Waals surface area contributed by atoms with Gasteiger partial charge in [-0.25, -0.2) is 4.79 Å². The second-order valence-electron chi connectivity index (χ2n) is 4.66. The van der Waals surface area contributed by atoms with Crippen molar-refractivity contribution >= 4 is 25.4 Å². The first-order valence-corrected chi connectivity index (χ1v) is 8.38. The summed E-state index contributed by atoms with van der Waals surface area (Å²) >= 11 is 0. The second-order valence-corrected chi connectivity index (χ2v) is 6.35. The SMILES string of the molecule is NC(N)=NCCCC(N)C(=O)N[C@@H](/C=C\CP(=O)(O)O)C(=O)O. The lowest BCUT2D eigenvalue weighted by atomic mass is 10.1. The van der Waals surface area contributed by atoms with Crippen LogP contribution in [0.3, 0.4) is 0 Å². The summed E-state index contributed by atoms with van der Waals surface area (Å²) in [4.78, 5) is 43.8. The van der Waals surface area contributed by atoms with Crippen LogP contribution in [0, 0.1) is 0 Å². The van der Waals surface area contributed by atoms with Gasteiger partial charge in [-0.05, 0) is 12.8 Å². The minimum atomic E-state index is -4.28. The number of rotatable bonds is 10. The van der Waals surface area contributed by atoms with E-state index >= 15 is 0 Å². The Kier molecular flexibility index (Phi) is 9.11. The molecule has 23 heavy (non-hydrogen) atoms. The summed E-state index contributed by atoms with van der Waals surface area (Å²) in [5.41, 5.74) is 15.9. The van der Waals surface area contributed by atoms with Gasteiger partial charge in [0.05, 0.1) is 12.2 Å². The molecule has 0 radical (unpaired) electrons. The number of aliphatic carboxylic acids is 1. The zero-order valence-corrected chi connectivity index (χ0v) is 13.2. The number of carbonyl (C=O) groups is 2. The van der Waals surface area contributed by atoms with Crippen LogP contribution in [0.25, 0.3) is 0 Å². The van der Waals surface area contributed by atoms with Crippen LogP contribution < -0.4 is 22.5 Å². The molecule has 1 amide bonds. The van der Waals surface area contributed by atoms with E-state index in [1.165, 1.54) is 0 Å². The first-order chi connectivity index (χ1) is 10.5. The van der Waals surface area contributed by atoms with Gasteiger partial charge in [-0.2, -0.15) is 0 Å². The van der Waals surface area contributed by atoms with E-state index in [-0.39, 0.29) is 18.9 Å². The van der Waals surface area contributed by atoms with Crippen LogP contribution in [0.5, 0.6) is 0 Å². The molecule has 0 aromatic heterocycles. The van der Waals surface area contributed by atoms with Crippen molar-refractivity contribution in [3.8, 4) is 0 Å². The first kappa shape index (κ1) is 21.1. The first-order valence-electron chi connectivity index (χ1n) is 6.58. The average molecular weight is 351 g/mol. The van der Waals surface area contributed by atoms with E-state index in [1.54, 1.807) is 0 Å². The van der Waals surface area contributed by atoms with Crippen molar-refractivity contribution in [3.05, 3.63) is 12.2 Å². The fourth-order valence-corrected chi connectivity index (χ4v) is 1.83. The molecule has 10 N–H and O–H groups in total. The molecule has 0 bridgehead atoms. The Hall–Kier alpha value is -1.94. The average Bonchev–Trinajstić information content (AvgIpc) is 2.40. The molecule has 0 aromatic carbocycles. The number of hydrogen-bond acceptors (Lipinski definition) is 5. The molecule has 1 unspecified atom stereocenters. The number of nitrogens with zero attached hydrogens (tertiary/aromatic N) is 1. The van der Waals surface area contributed by atoms with Crippen molar-refractivity contribution in [2.24, 2.45) is 22.2 Å². The normalized spacial score (nSPS) is 14.2. The Morgan fingerprint density at radius 1 is 1.30 bits per heavy atom. The summed E-state index contributed by atoms with van der Waals surface area (Å²) in [6, 6.07) is -2.39. The van der Waals surface area contributed by atoms with Crippen LogP contribution in [0.4, 0.5) is 0 Å². The summed E-state index contributed by atoms with van der Waals surface area (Å²) in [7, 11) is -4.28. The predicted octanol–water partition coefficient (Wildman–Crippen LogP) is -2.33. The van der Waals surface area contributed by atoms with Crippen LogP contribution in [0.1, 0.15) is 12.8 Å². The van der Waals surface area contributed by atoms with Gasteiger partial charge in [-0.3, -0.25) is 14.4 Å². The molecule has 0 heterocycles. The number of nitrogens with two attached hydrogens (primary N) is 3. The standard InChI is InChI=1S/C11H22N5O6P/c12-7(3-1-5-15-11(13)14)9(17)16-8(10(18)19)4-2-6-23(20,21)22/h2,4,7-8H,1,3,5-6,12H2,(H,16,17)(H,18,19)(H4,13,14,15)(H2,20,21,22)/b4-2-/t7?,8-/m0/s1. The van der Waals surface area contributed by atoms with Gasteiger partial charge in [0.2, 0.25) is 5.91 Å². The zero-order valence-electron chi connectivity index (χ0n) is 12.3. The van der Waals surface area contributed by atoms with E-state index in [9.17, 15) is 14.2 Å². The molecule has 0 spiro atoms. The Morgan fingerprint density at radius 2 is 1.91 bits per heavy atom. The third-order valence-corrected chi connectivity index (χ3v) is 3.23. The van der Waals surface area contributed by atoms with E-state index in [0.29, 0.717) is 6.42 Å². The molecule has 0 aromatic rings. The lowest BCUT2D eigenvalue weighted by Crippen LogP contribution is -2.47. The van der Waals surface area contributed by atoms with Crippen molar-refractivity contribution in [2.75, 3.05) is 12.7 Å². The Labute approximate surface area is 132 Å². The number of allylic oxidation sites excluding steroid dienone is 1. The summed E-state index contributed by atoms with van der Waals surface area (Å²) in [6.45, 7) is 0.286. The summed E-state index contributed by atoms with van der Waals surface area (Å²) in [6.07, 6.45) is 2.01. The van der Waals surface area contributed by atoms with Crippen LogP contribution in [-0.4, -0.2) is 57.5 Å². The van der Waals surface area contributed by atoms with Gasteiger partial charge < -0.3 is 37.4 Å². The van der Waals surface area contributed by atoms with Crippen molar-refractivity contribution in [1.29, 1.82) is 0 Å².